The Morgan fingerprint density at radius 3 is 2.51 bits per heavy atom. The number of carbonyl (C=O) groups excluding carboxylic acids is 1. The van der Waals surface area contributed by atoms with E-state index in [1.807, 2.05) is 70.3 Å². The zero-order chi connectivity index (χ0) is 26.0. The van der Waals surface area contributed by atoms with Crippen LogP contribution in [0.4, 0.5) is 5.82 Å². The Balaban J connectivity index is 1.44. The summed E-state index contributed by atoms with van der Waals surface area (Å²) in [4.78, 5) is 23.5. The molecule has 5 rings (SSSR count). The number of fused-ring (bicyclic) bond motifs is 1. The lowest BCUT2D eigenvalue weighted by molar-refractivity contribution is -0.127. The standard InChI is InChI=1S/C29H32N6O2/c1-29(2,3)16-15-24(36)34-17-7-8-21(18-34)35-28-25(27(30)31-19-32-28)26(33-35)20-11-13-23(14-12-20)37-22-9-5-4-6-10-22/h4-6,9-16,19,21H,7-8,17-18H2,1-3H3,(H2,30,31,32)/b16-15+/t21-/m1/s1. The van der Waals surface area contributed by atoms with Crippen LogP contribution < -0.4 is 10.5 Å². The van der Waals surface area contributed by atoms with Crippen molar-refractivity contribution in [1.29, 1.82) is 0 Å². The van der Waals surface area contributed by atoms with Gasteiger partial charge in [-0.2, -0.15) is 5.10 Å². The average molecular weight is 497 g/mol. The lowest BCUT2D eigenvalue weighted by Gasteiger charge is -2.32. The molecule has 1 aliphatic rings. The molecule has 2 N–H and O–H groups in total. The summed E-state index contributed by atoms with van der Waals surface area (Å²) in [6.45, 7) is 7.54. The molecule has 3 heterocycles. The van der Waals surface area contributed by atoms with E-state index in [-0.39, 0.29) is 17.4 Å². The molecule has 0 aliphatic carbocycles. The number of allylic oxidation sites excluding steroid dienone is 1. The normalized spacial score (nSPS) is 16.4. The van der Waals surface area contributed by atoms with Crippen molar-refractivity contribution < 1.29 is 9.53 Å². The lowest BCUT2D eigenvalue weighted by Crippen LogP contribution is -2.40. The number of aromatic nitrogens is 4. The summed E-state index contributed by atoms with van der Waals surface area (Å²) in [5.74, 6) is 1.91. The molecule has 8 heteroatoms. The second kappa shape index (κ2) is 10.0. The van der Waals surface area contributed by atoms with Gasteiger partial charge in [-0.15, -0.1) is 0 Å². The number of para-hydroxylation sites is 1. The van der Waals surface area contributed by atoms with Crippen LogP contribution in [0.1, 0.15) is 39.7 Å². The van der Waals surface area contributed by atoms with E-state index in [0.29, 0.717) is 18.0 Å². The van der Waals surface area contributed by atoms with E-state index < -0.39 is 0 Å². The van der Waals surface area contributed by atoms with Crippen molar-refractivity contribution in [2.45, 2.75) is 39.7 Å². The molecular weight excluding hydrogens is 464 g/mol. The van der Waals surface area contributed by atoms with Crippen LogP contribution in [0.5, 0.6) is 11.5 Å². The number of hydrogen-bond acceptors (Lipinski definition) is 6. The quantitative estimate of drug-likeness (QED) is 0.359. The summed E-state index contributed by atoms with van der Waals surface area (Å²) in [7, 11) is 0. The number of nitrogen functional groups attached to an aromatic ring is 1. The van der Waals surface area contributed by atoms with E-state index in [9.17, 15) is 4.79 Å². The molecule has 0 unspecified atom stereocenters. The summed E-state index contributed by atoms with van der Waals surface area (Å²) < 4.78 is 7.86. The van der Waals surface area contributed by atoms with Crippen LogP contribution in [0.2, 0.25) is 0 Å². The summed E-state index contributed by atoms with van der Waals surface area (Å²) in [6, 6.07) is 17.4. The van der Waals surface area contributed by atoms with Crippen molar-refractivity contribution in [2.24, 2.45) is 5.41 Å². The van der Waals surface area contributed by atoms with Crippen LogP contribution >= 0.6 is 0 Å². The number of amides is 1. The summed E-state index contributed by atoms with van der Waals surface area (Å²) in [5.41, 5.74) is 8.56. The van der Waals surface area contributed by atoms with Gasteiger partial charge in [-0.1, -0.05) is 45.0 Å². The van der Waals surface area contributed by atoms with Gasteiger partial charge in [0.15, 0.2) is 5.65 Å². The molecule has 190 valence electrons. The van der Waals surface area contributed by atoms with E-state index >= 15 is 0 Å². The molecule has 1 aliphatic heterocycles. The van der Waals surface area contributed by atoms with Gasteiger partial charge in [0.2, 0.25) is 5.91 Å². The van der Waals surface area contributed by atoms with Gasteiger partial charge in [-0.05, 0) is 60.7 Å². The van der Waals surface area contributed by atoms with Gasteiger partial charge >= 0.3 is 0 Å². The molecule has 2 aromatic carbocycles. The van der Waals surface area contributed by atoms with Crippen LogP contribution in [0.25, 0.3) is 22.3 Å². The van der Waals surface area contributed by atoms with Crippen molar-refractivity contribution >= 4 is 22.8 Å². The number of piperidine rings is 1. The molecule has 37 heavy (non-hydrogen) atoms. The second-order valence-corrected chi connectivity index (χ2v) is 10.5. The van der Waals surface area contributed by atoms with Crippen LogP contribution in [0.3, 0.4) is 0 Å². The van der Waals surface area contributed by atoms with Gasteiger partial charge in [0.1, 0.15) is 29.3 Å². The van der Waals surface area contributed by atoms with Crippen molar-refractivity contribution in [3.8, 4) is 22.8 Å². The van der Waals surface area contributed by atoms with E-state index in [2.05, 4.69) is 30.7 Å². The van der Waals surface area contributed by atoms with Gasteiger partial charge in [0.25, 0.3) is 0 Å². The highest BCUT2D eigenvalue weighted by molar-refractivity contribution is 5.98. The number of ether oxygens (including phenoxy) is 1. The maximum absolute atomic E-state index is 12.9. The Hall–Kier alpha value is -4.20. The van der Waals surface area contributed by atoms with Gasteiger partial charge in [-0.3, -0.25) is 4.79 Å². The highest BCUT2D eigenvalue weighted by atomic mass is 16.5. The first kappa shape index (κ1) is 24.5. The molecule has 8 nitrogen and oxygen atoms in total. The Labute approximate surface area is 216 Å². The number of likely N-dealkylation sites (tertiary alicyclic amines) is 1. The zero-order valence-electron chi connectivity index (χ0n) is 21.5. The van der Waals surface area contributed by atoms with E-state index in [1.54, 1.807) is 6.08 Å². The first-order chi connectivity index (χ1) is 17.8. The molecular formula is C29H32N6O2. The molecule has 0 bridgehead atoms. The van der Waals surface area contributed by atoms with Gasteiger partial charge in [0.05, 0.1) is 11.4 Å². The smallest absolute Gasteiger partial charge is 0.246 e. The Kier molecular flexibility index (Phi) is 6.65. The van der Waals surface area contributed by atoms with E-state index in [1.165, 1.54) is 6.33 Å². The largest absolute Gasteiger partial charge is 0.457 e. The first-order valence-electron chi connectivity index (χ1n) is 12.6. The summed E-state index contributed by atoms with van der Waals surface area (Å²) in [6.07, 6.45) is 6.90. The molecule has 1 amide bonds. The third kappa shape index (κ3) is 5.48. The Bertz CT molecular complexity index is 1420. The Morgan fingerprint density at radius 2 is 1.78 bits per heavy atom. The van der Waals surface area contributed by atoms with Crippen LogP contribution in [-0.4, -0.2) is 43.6 Å². The molecule has 0 radical (unpaired) electrons. The fraction of sp³-hybridized carbons (Fsp3) is 0.310. The number of benzene rings is 2. The first-order valence-corrected chi connectivity index (χ1v) is 12.6. The SMILES string of the molecule is CC(C)(C)/C=C/C(=O)N1CCC[C@@H](n2nc(-c3ccc(Oc4ccccc4)cc3)c3c(N)ncnc32)C1. The fourth-order valence-corrected chi connectivity index (χ4v) is 4.54. The number of rotatable bonds is 5. The fourth-order valence-electron chi connectivity index (χ4n) is 4.54. The van der Waals surface area contributed by atoms with Crippen molar-refractivity contribution in [3.05, 3.63) is 73.1 Å². The molecule has 1 saturated heterocycles. The molecule has 1 atom stereocenters. The van der Waals surface area contributed by atoms with Crippen molar-refractivity contribution in [3.63, 3.8) is 0 Å². The lowest BCUT2D eigenvalue weighted by atomic mass is 9.96. The summed E-state index contributed by atoms with van der Waals surface area (Å²) >= 11 is 0. The number of hydrogen-bond donors (Lipinski definition) is 1. The topological polar surface area (TPSA) is 99.2 Å². The molecule has 0 spiro atoms. The molecule has 4 aromatic rings. The maximum atomic E-state index is 12.9. The molecule has 0 saturated carbocycles. The highest BCUT2D eigenvalue weighted by Gasteiger charge is 2.28. The minimum absolute atomic E-state index is 0.00743. The number of nitrogens with zero attached hydrogens (tertiary/aromatic N) is 5. The maximum Gasteiger partial charge on any atom is 0.246 e. The summed E-state index contributed by atoms with van der Waals surface area (Å²) in [5, 5.41) is 5.69. The third-order valence-electron chi connectivity index (χ3n) is 6.40. The van der Waals surface area contributed by atoms with Crippen LogP contribution in [-0.2, 0) is 4.79 Å². The minimum atomic E-state index is -0.0476. The monoisotopic (exact) mass is 496 g/mol. The van der Waals surface area contributed by atoms with Crippen LogP contribution in [0, 0.1) is 5.41 Å². The third-order valence-corrected chi connectivity index (χ3v) is 6.40. The predicted molar refractivity (Wildman–Crippen MR) is 145 cm³/mol. The zero-order valence-corrected chi connectivity index (χ0v) is 21.5. The molecule has 1 fully saturated rings. The van der Waals surface area contributed by atoms with Gasteiger partial charge < -0.3 is 15.4 Å². The van der Waals surface area contributed by atoms with Crippen LogP contribution in [0.15, 0.2) is 73.1 Å². The molecule has 2 aromatic heterocycles. The van der Waals surface area contributed by atoms with Crippen molar-refractivity contribution in [2.75, 3.05) is 18.8 Å². The number of carbonyl (C=O) groups is 1. The number of anilines is 1. The second-order valence-electron chi connectivity index (χ2n) is 10.5. The highest BCUT2D eigenvalue weighted by Crippen LogP contribution is 2.35. The van der Waals surface area contributed by atoms with E-state index in [0.717, 1.165) is 47.5 Å². The Morgan fingerprint density at radius 1 is 1.05 bits per heavy atom. The van der Waals surface area contributed by atoms with Gasteiger partial charge in [-0.25, -0.2) is 14.6 Å². The minimum Gasteiger partial charge on any atom is -0.457 e. The number of nitrogens with two attached hydrogens (primary N) is 1. The van der Waals surface area contributed by atoms with Gasteiger partial charge in [0, 0.05) is 18.7 Å². The average Bonchev–Trinajstić information content (AvgIpc) is 3.29. The van der Waals surface area contributed by atoms with Crippen molar-refractivity contribution in [1.82, 2.24) is 24.6 Å². The van der Waals surface area contributed by atoms with E-state index in [4.69, 9.17) is 15.6 Å². The predicted octanol–water partition coefficient (Wildman–Crippen LogP) is 5.63.